The Balaban J connectivity index is 1.86. The lowest BCUT2D eigenvalue weighted by atomic mass is 9.94. The van der Waals surface area contributed by atoms with Crippen molar-refractivity contribution in [3.63, 3.8) is 0 Å². The largest absolute Gasteiger partial charge is 0.377 e. The number of para-hydroxylation sites is 1. The first-order chi connectivity index (χ1) is 9.16. The van der Waals surface area contributed by atoms with Gasteiger partial charge in [0.15, 0.2) is 0 Å². The van der Waals surface area contributed by atoms with E-state index in [0.29, 0.717) is 12.5 Å². The molecule has 1 fully saturated rings. The van der Waals surface area contributed by atoms with E-state index < -0.39 is 0 Å². The van der Waals surface area contributed by atoms with E-state index in [9.17, 15) is 4.79 Å². The Morgan fingerprint density at radius 1 is 1.37 bits per heavy atom. The maximum absolute atomic E-state index is 12.1. The third kappa shape index (κ3) is 2.26. The highest BCUT2D eigenvalue weighted by atomic mass is 16.5. The fraction of sp³-hybridized carbons (Fsp3) is 0.533. The number of carbonyl (C=O) groups excluding carboxylic acids is 1. The molecule has 1 aromatic carbocycles. The summed E-state index contributed by atoms with van der Waals surface area (Å²) in [6.07, 6.45) is 1.77. The van der Waals surface area contributed by atoms with E-state index in [1.165, 1.54) is 5.56 Å². The number of nitrogens with zero attached hydrogens (tertiary/aromatic N) is 1. The van der Waals surface area contributed by atoms with Gasteiger partial charge in [0.05, 0.1) is 6.10 Å². The summed E-state index contributed by atoms with van der Waals surface area (Å²) in [4.78, 5) is 13.8. The van der Waals surface area contributed by atoms with E-state index >= 15 is 0 Å². The minimum Gasteiger partial charge on any atom is -0.377 e. The molecule has 0 radical (unpaired) electrons. The Hall–Kier alpha value is -1.39. The molecule has 2 aliphatic heterocycles. The first-order valence-corrected chi connectivity index (χ1v) is 6.90. The molecule has 0 aliphatic carbocycles. The van der Waals surface area contributed by atoms with Gasteiger partial charge >= 0.3 is 0 Å². The van der Waals surface area contributed by atoms with E-state index in [-0.39, 0.29) is 18.1 Å². The van der Waals surface area contributed by atoms with Gasteiger partial charge in [-0.05, 0) is 25.0 Å². The lowest BCUT2D eigenvalue weighted by Gasteiger charge is -2.34. The maximum Gasteiger partial charge on any atom is 0.228 e. The molecule has 4 nitrogen and oxygen atoms in total. The van der Waals surface area contributed by atoms with Gasteiger partial charge in [-0.1, -0.05) is 18.2 Å². The first-order valence-electron chi connectivity index (χ1n) is 6.90. The van der Waals surface area contributed by atoms with Crippen LogP contribution in [0.3, 0.4) is 0 Å². The molecule has 1 aromatic rings. The van der Waals surface area contributed by atoms with Crippen LogP contribution in [0.25, 0.3) is 0 Å². The molecule has 3 atom stereocenters. The summed E-state index contributed by atoms with van der Waals surface area (Å²) in [6, 6.07) is 8.58. The average molecular weight is 260 g/mol. The number of anilines is 1. The van der Waals surface area contributed by atoms with Crippen LogP contribution in [0.1, 0.15) is 31.4 Å². The maximum atomic E-state index is 12.1. The molecule has 2 heterocycles. The predicted octanol–water partition coefficient (Wildman–Crippen LogP) is 1.86. The van der Waals surface area contributed by atoms with E-state index in [0.717, 1.165) is 18.7 Å². The van der Waals surface area contributed by atoms with Crippen LogP contribution in [0, 0.1) is 0 Å². The summed E-state index contributed by atoms with van der Waals surface area (Å²) in [7, 11) is 1.85. The molecule has 2 aliphatic rings. The minimum atomic E-state index is 0.106. The SMILES string of the molecule is CC1OCCC1NC1CC(=O)N(C)c2ccccc21. The quantitative estimate of drug-likeness (QED) is 0.882. The topological polar surface area (TPSA) is 41.6 Å². The number of rotatable bonds is 2. The van der Waals surface area contributed by atoms with Gasteiger partial charge < -0.3 is 15.0 Å². The third-order valence-electron chi connectivity index (χ3n) is 4.22. The van der Waals surface area contributed by atoms with Gasteiger partial charge in [0.1, 0.15) is 0 Å². The molecule has 1 amide bonds. The molecule has 1 N–H and O–H groups in total. The molecule has 0 bridgehead atoms. The normalized spacial score (nSPS) is 30.5. The van der Waals surface area contributed by atoms with Crippen molar-refractivity contribution in [1.82, 2.24) is 5.32 Å². The number of fused-ring (bicyclic) bond motifs is 1. The van der Waals surface area contributed by atoms with Crippen LogP contribution in [0.4, 0.5) is 5.69 Å². The molecule has 0 aromatic heterocycles. The van der Waals surface area contributed by atoms with Crippen LogP contribution in [0.2, 0.25) is 0 Å². The van der Waals surface area contributed by atoms with Gasteiger partial charge in [0.2, 0.25) is 5.91 Å². The molecule has 0 saturated carbocycles. The summed E-state index contributed by atoms with van der Waals surface area (Å²) in [5.41, 5.74) is 2.23. The Morgan fingerprint density at radius 3 is 2.89 bits per heavy atom. The highest BCUT2D eigenvalue weighted by Crippen LogP contribution is 2.34. The van der Waals surface area contributed by atoms with Gasteiger partial charge in [0.25, 0.3) is 0 Å². The highest BCUT2D eigenvalue weighted by Gasteiger charge is 2.33. The van der Waals surface area contributed by atoms with Crippen molar-refractivity contribution in [2.24, 2.45) is 0 Å². The lowest BCUT2D eigenvalue weighted by Crippen LogP contribution is -2.43. The number of hydrogen-bond donors (Lipinski definition) is 1. The number of amides is 1. The number of hydrogen-bond acceptors (Lipinski definition) is 3. The summed E-state index contributed by atoms with van der Waals surface area (Å²) in [5, 5.41) is 3.60. The fourth-order valence-electron chi connectivity index (χ4n) is 3.00. The van der Waals surface area contributed by atoms with E-state index in [2.05, 4.69) is 18.3 Å². The van der Waals surface area contributed by atoms with Crippen molar-refractivity contribution in [3.8, 4) is 0 Å². The summed E-state index contributed by atoms with van der Waals surface area (Å²) in [5.74, 6) is 0.169. The molecule has 3 rings (SSSR count). The van der Waals surface area contributed by atoms with Crippen LogP contribution < -0.4 is 10.2 Å². The van der Waals surface area contributed by atoms with Crippen LogP contribution in [0.5, 0.6) is 0 Å². The van der Waals surface area contributed by atoms with Gasteiger partial charge in [-0.15, -0.1) is 0 Å². The average Bonchev–Trinajstić information content (AvgIpc) is 2.81. The highest BCUT2D eigenvalue weighted by molar-refractivity contribution is 5.96. The van der Waals surface area contributed by atoms with Crippen LogP contribution in [-0.2, 0) is 9.53 Å². The van der Waals surface area contributed by atoms with Gasteiger partial charge in [-0.2, -0.15) is 0 Å². The zero-order chi connectivity index (χ0) is 13.4. The smallest absolute Gasteiger partial charge is 0.228 e. The van der Waals surface area contributed by atoms with Crippen molar-refractivity contribution in [2.45, 2.75) is 38.0 Å². The Labute approximate surface area is 113 Å². The van der Waals surface area contributed by atoms with Crippen molar-refractivity contribution in [3.05, 3.63) is 29.8 Å². The molecule has 1 saturated heterocycles. The second-order valence-electron chi connectivity index (χ2n) is 5.41. The summed E-state index contributed by atoms with van der Waals surface area (Å²) >= 11 is 0. The first kappa shape index (κ1) is 12.6. The number of ether oxygens (including phenoxy) is 1. The van der Waals surface area contributed by atoms with Crippen molar-refractivity contribution in [2.75, 3.05) is 18.6 Å². The zero-order valence-electron chi connectivity index (χ0n) is 11.4. The Bertz CT molecular complexity index is 489. The standard InChI is InChI=1S/C15H20N2O2/c1-10-12(7-8-19-10)16-13-9-15(18)17(2)14-6-4-3-5-11(13)14/h3-6,10,12-13,16H,7-9H2,1-2H3. The molecular weight excluding hydrogens is 240 g/mol. The molecule has 102 valence electrons. The van der Waals surface area contributed by atoms with E-state index in [1.54, 1.807) is 4.90 Å². The molecule has 3 unspecified atom stereocenters. The van der Waals surface area contributed by atoms with Gasteiger partial charge in [-0.25, -0.2) is 0 Å². The monoisotopic (exact) mass is 260 g/mol. The molecule has 0 spiro atoms. The summed E-state index contributed by atoms with van der Waals surface area (Å²) < 4.78 is 5.59. The van der Waals surface area contributed by atoms with E-state index in [1.807, 2.05) is 25.2 Å². The van der Waals surface area contributed by atoms with Crippen LogP contribution in [-0.4, -0.2) is 31.7 Å². The number of benzene rings is 1. The second-order valence-corrected chi connectivity index (χ2v) is 5.41. The minimum absolute atomic E-state index is 0.106. The Morgan fingerprint density at radius 2 is 2.16 bits per heavy atom. The Kier molecular flexibility index (Phi) is 3.29. The van der Waals surface area contributed by atoms with Gasteiger partial charge in [-0.3, -0.25) is 4.79 Å². The van der Waals surface area contributed by atoms with Crippen molar-refractivity contribution < 1.29 is 9.53 Å². The van der Waals surface area contributed by atoms with Gasteiger partial charge in [0, 0.05) is 37.8 Å². The van der Waals surface area contributed by atoms with E-state index in [4.69, 9.17) is 4.74 Å². The number of nitrogens with one attached hydrogen (secondary N) is 1. The zero-order valence-corrected chi connectivity index (χ0v) is 11.4. The van der Waals surface area contributed by atoms with Crippen molar-refractivity contribution in [1.29, 1.82) is 0 Å². The summed E-state index contributed by atoms with van der Waals surface area (Å²) in [6.45, 7) is 2.90. The molecule has 4 heteroatoms. The fourth-order valence-corrected chi connectivity index (χ4v) is 3.00. The lowest BCUT2D eigenvalue weighted by molar-refractivity contribution is -0.119. The number of carbonyl (C=O) groups is 1. The molecule has 19 heavy (non-hydrogen) atoms. The van der Waals surface area contributed by atoms with Crippen LogP contribution in [0.15, 0.2) is 24.3 Å². The third-order valence-corrected chi connectivity index (χ3v) is 4.22. The predicted molar refractivity (Wildman–Crippen MR) is 74.2 cm³/mol. The van der Waals surface area contributed by atoms with Crippen molar-refractivity contribution >= 4 is 11.6 Å². The second kappa shape index (κ2) is 4.94. The van der Waals surface area contributed by atoms with Crippen LogP contribution >= 0.6 is 0 Å². The molecular formula is C15H20N2O2.